The number of thiazole rings is 1. The maximum atomic E-state index is 12.4. The van der Waals surface area contributed by atoms with E-state index in [4.69, 9.17) is 9.47 Å². The van der Waals surface area contributed by atoms with Crippen molar-refractivity contribution in [2.24, 2.45) is 0 Å². The molecule has 8 heteroatoms. The Morgan fingerprint density at radius 1 is 1.12 bits per heavy atom. The van der Waals surface area contributed by atoms with Crippen LogP contribution in [0.1, 0.15) is 6.92 Å². The first-order chi connectivity index (χ1) is 11.5. The van der Waals surface area contributed by atoms with Crippen molar-refractivity contribution in [3.8, 4) is 11.5 Å². The molecule has 0 aliphatic carbocycles. The van der Waals surface area contributed by atoms with Crippen LogP contribution < -0.4 is 14.2 Å². The van der Waals surface area contributed by atoms with Gasteiger partial charge in [0.15, 0.2) is 5.13 Å². The van der Waals surface area contributed by atoms with E-state index in [9.17, 15) is 8.42 Å². The van der Waals surface area contributed by atoms with Gasteiger partial charge in [0, 0.05) is 0 Å². The molecule has 0 aliphatic rings. The second kappa shape index (κ2) is 6.66. The molecule has 0 aliphatic heterocycles. The van der Waals surface area contributed by atoms with Crippen molar-refractivity contribution >= 4 is 36.7 Å². The Morgan fingerprint density at radius 2 is 1.83 bits per heavy atom. The average molecular weight is 364 g/mol. The molecular formula is C16H16N2O4S2. The summed E-state index contributed by atoms with van der Waals surface area (Å²) < 4.78 is 38.7. The monoisotopic (exact) mass is 364 g/mol. The molecular weight excluding hydrogens is 348 g/mol. The van der Waals surface area contributed by atoms with Crippen molar-refractivity contribution in [1.82, 2.24) is 4.98 Å². The highest BCUT2D eigenvalue weighted by Gasteiger charge is 2.17. The third-order valence-corrected chi connectivity index (χ3v) is 5.68. The molecule has 0 amide bonds. The molecule has 0 unspecified atom stereocenters. The lowest BCUT2D eigenvalue weighted by Gasteiger charge is -2.05. The maximum Gasteiger partial charge on any atom is 0.263 e. The first-order valence-electron chi connectivity index (χ1n) is 7.22. The van der Waals surface area contributed by atoms with E-state index in [0.29, 0.717) is 17.5 Å². The largest absolute Gasteiger partial charge is 0.497 e. The fourth-order valence-corrected chi connectivity index (χ4v) is 4.26. The Bertz CT molecular complexity index is 950. The molecule has 24 heavy (non-hydrogen) atoms. The molecule has 126 valence electrons. The van der Waals surface area contributed by atoms with Crippen molar-refractivity contribution < 1.29 is 17.9 Å². The summed E-state index contributed by atoms with van der Waals surface area (Å²) in [5.41, 5.74) is 0.718. The number of aromatic nitrogens is 1. The normalized spacial score (nSPS) is 11.4. The second-order valence-corrected chi connectivity index (χ2v) is 7.58. The van der Waals surface area contributed by atoms with Crippen molar-refractivity contribution in [3.05, 3.63) is 42.5 Å². The zero-order valence-corrected chi connectivity index (χ0v) is 14.8. The van der Waals surface area contributed by atoms with Gasteiger partial charge in [0.25, 0.3) is 10.0 Å². The molecule has 2 aromatic carbocycles. The molecule has 0 spiro atoms. The Hall–Kier alpha value is -2.32. The number of ether oxygens (including phenoxy) is 2. The average Bonchev–Trinajstić information content (AvgIpc) is 2.96. The third kappa shape index (κ3) is 3.44. The quantitative estimate of drug-likeness (QED) is 0.724. The van der Waals surface area contributed by atoms with E-state index >= 15 is 0 Å². The van der Waals surface area contributed by atoms with E-state index in [1.54, 1.807) is 12.1 Å². The van der Waals surface area contributed by atoms with Gasteiger partial charge >= 0.3 is 0 Å². The van der Waals surface area contributed by atoms with E-state index in [2.05, 4.69) is 9.71 Å². The molecule has 6 nitrogen and oxygen atoms in total. The molecule has 1 N–H and O–H groups in total. The summed E-state index contributed by atoms with van der Waals surface area (Å²) in [5, 5.41) is 0.314. The fraction of sp³-hybridized carbons (Fsp3) is 0.188. The van der Waals surface area contributed by atoms with Gasteiger partial charge in [0.05, 0.1) is 28.8 Å². The highest BCUT2D eigenvalue weighted by molar-refractivity contribution is 7.93. The maximum absolute atomic E-state index is 12.4. The van der Waals surface area contributed by atoms with Crippen molar-refractivity contribution in [2.75, 3.05) is 18.4 Å². The second-order valence-electron chi connectivity index (χ2n) is 4.86. The third-order valence-electron chi connectivity index (χ3n) is 3.26. The summed E-state index contributed by atoms with van der Waals surface area (Å²) in [6, 6.07) is 11.6. The summed E-state index contributed by atoms with van der Waals surface area (Å²) >= 11 is 1.26. The Kier molecular flexibility index (Phi) is 4.59. The van der Waals surface area contributed by atoms with Gasteiger partial charge in [-0.05, 0) is 49.4 Å². The Morgan fingerprint density at radius 3 is 2.50 bits per heavy atom. The van der Waals surface area contributed by atoms with Crippen LogP contribution in [0.3, 0.4) is 0 Å². The van der Waals surface area contributed by atoms with E-state index in [-0.39, 0.29) is 4.90 Å². The van der Waals surface area contributed by atoms with E-state index in [1.807, 2.05) is 25.1 Å². The van der Waals surface area contributed by atoms with Crippen LogP contribution in [0.15, 0.2) is 47.4 Å². The standard InChI is InChI=1S/C16H16N2O4S2/c1-3-22-12-6-9-14-15(10-12)23-16(17-14)18-24(19,20)13-7-4-11(21-2)5-8-13/h4-10H,3H2,1-2H3,(H,17,18). The predicted molar refractivity (Wildman–Crippen MR) is 94.6 cm³/mol. The minimum absolute atomic E-state index is 0.151. The molecule has 1 aromatic heterocycles. The van der Waals surface area contributed by atoms with Crippen LogP contribution >= 0.6 is 11.3 Å². The Labute approximate surface area is 144 Å². The number of benzene rings is 2. The Balaban J connectivity index is 1.87. The number of nitrogens with one attached hydrogen (secondary N) is 1. The minimum Gasteiger partial charge on any atom is -0.497 e. The zero-order chi connectivity index (χ0) is 17.2. The van der Waals surface area contributed by atoms with Crippen LogP contribution in [0.25, 0.3) is 10.2 Å². The fourth-order valence-electron chi connectivity index (χ4n) is 2.13. The minimum atomic E-state index is -3.70. The highest BCUT2D eigenvalue weighted by atomic mass is 32.2. The molecule has 3 aromatic rings. The van der Waals surface area contributed by atoms with Crippen LogP contribution in [0.4, 0.5) is 5.13 Å². The molecule has 0 bridgehead atoms. The molecule has 0 saturated carbocycles. The molecule has 0 atom stereocenters. The molecule has 0 radical (unpaired) electrons. The van der Waals surface area contributed by atoms with Gasteiger partial charge in [-0.3, -0.25) is 4.72 Å². The molecule has 0 saturated heterocycles. The van der Waals surface area contributed by atoms with Crippen LogP contribution in [0.5, 0.6) is 11.5 Å². The van der Waals surface area contributed by atoms with E-state index < -0.39 is 10.0 Å². The van der Waals surface area contributed by atoms with Gasteiger partial charge in [-0.2, -0.15) is 0 Å². The van der Waals surface area contributed by atoms with Gasteiger partial charge in [0.2, 0.25) is 0 Å². The van der Waals surface area contributed by atoms with Gasteiger partial charge < -0.3 is 9.47 Å². The molecule has 0 fully saturated rings. The number of hydrogen-bond donors (Lipinski definition) is 1. The number of anilines is 1. The number of methoxy groups -OCH3 is 1. The van der Waals surface area contributed by atoms with Crippen molar-refractivity contribution in [2.45, 2.75) is 11.8 Å². The molecule has 1 heterocycles. The number of rotatable bonds is 6. The lowest BCUT2D eigenvalue weighted by Crippen LogP contribution is -2.12. The van der Waals surface area contributed by atoms with Gasteiger partial charge in [-0.1, -0.05) is 11.3 Å². The van der Waals surface area contributed by atoms with Crippen LogP contribution in [-0.4, -0.2) is 27.1 Å². The van der Waals surface area contributed by atoms with Crippen LogP contribution in [-0.2, 0) is 10.0 Å². The summed E-state index contributed by atoms with van der Waals surface area (Å²) in [5.74, 6) is 1.33. The summed E-state index contributed by atoms with van der Waals surface area (Å²) in [6.45, 7) is 2.48. The SMILES string of the molecule is CCOc1ccc2nc(NS(=O)(=O)c3ccc(OC)cc3)sc2c1. The van der Waals surface area contributed by atoms with Crippen molar-refractivity contribution in [3.63, 3.8) is 0 Å². The number of fused-ring (bicyclic) bond motifs is 1. The lowest BCUT2D eigenvalue weighted by atomic mass is 10.3. The summed E-state index contributed by atoms with van der Waals surface area (Å²) in [7, 11) is -2.17. The smallest absolute Gasteiger partial charge is 0.263 e. The van der Waals surface area contributed by atoms with Crippen LogP contribution in [0.2, 0.25) is 0 Å². The van der Waals surface area contributed by atoms with Crippen molar-refractivity contribution in [1.29, 1.82) is 0 Å². The number of nitrogens with zero attached hydrogens (tertiary/aromatic N) is 1. The van der Waals surface area contributed by atoms with Gasteiger partial charge in [-0.15, -0.1) is 0 Å². The first kappa shape index (κ1) is 16.5. The summed E-state index contributed by atoms with van der Waals surface area (Å²) in [6.07, 6.45) is 0. The lowest BCUT2D eigenvalue weighted by molar-refractivity contribution is 0.341. The summed E-state index contributed by atoms with van der Waals surface area (Å²) in [4.78, 5) is 4.46. The van der Waals surface area contributed by atoms with Crippen LogP contribution in [0, 0.1) is 0 Å². The van der Waals surface area contributed by atoms with Gasteiger partial charge in [-0.25, -0.2) is 13.4 Å². The number of hydrogen-bond acceptors (Lipinski definition) is 6. The molecule has 3 rings (SSSR count). The predicted octanol–water partition coefficient (Wildman–Crippen LogP) is 3.50. The van der Waals surface area contributed by atoms with Gasteiger partial charge in [0.1, 0.15) is 11.5 Å². The van der Waals surface area contributed by atoms with E-state index in [1.165, 1.54) is 30.6 Å². The highest BCUT2D eigenvalue weighted by Crippen LogP contribution is 2.30. The first-order valence-corrected chi connectivity index (χ1v) is 9.52. The van der Waals surface area contributed by atoms with E-state index in [0.717, 1.165) is 16.0 Å². The zero-order valence-electron chi connectivity index (χ0n) is 13.1. The number of sulfonamides is 1. The topological polar surface area (TPSA) is 77.5 Å².